The summed E-state index contributed by atoms with van der Waals surface area (Å²) in [6, 6.07) is 0. The van der Waals surface area contributed by atoms with Gasteiger partial charge in [-0.2, -0.15) is 0 Å². The van der Waals surface area contributed by atoms with E-state index < -0.39 is 18.8 Å². The minimum absolute atomic E-state index is 1.39. The second kappa shape index (κ2) is 1.13. The van der Waals surface area contributed by atoms with Gasteiger partial charge in [-0.05, 0) is 0 Å². The van der Waals surface area contributed by atoms with Crippen LogP contribution in [0.25, 0.3) is 0 Å². The first-order valence-electron chi connectivity index (χ1n) is 0.701. The molecule has 1 rings (SSSR count). The molecule has 0 N–H and O–H groups in total. The van der Waals surface area contributed by atoms with Crippen LogP contribution in [0.1, 0.15) is 0 Å². The van der Waals surface area contributed by atoms with Crippen molar-refractivity contribution in [1.82, 2.24) is 0 Å². The molecule has 0 aromatic heterocycles. The summed E-state index contributed by atoms with van der Waals surface area (Å²) in [6.07, 6.45) is 0. The van der Waals surface area contributed by atoms with Gasteiger partial charge in [-0.3, -0.25) is 0 Å². The van der Waals surface area contributed by atoms with Crippen molar-refractivity contribution in [2.45, 2.75) is 0 Å². The molecule has 24 valence electrons. The Bertz CT molecular complexity index is 25.2. The van der Waals surface area contributed by atoms with Crippen LogP contribution in [0.15, 0.2) is 0 Å². The van der Waals surface area contributed by atoms with Crippen LogP contribution in [0.2, 0.25) is 0 Å². The summed E-state index contributed by atoms with van der Waals surface area (Å²) in [5, 5.41) is 0. The second-order valence-electron chi connectivity index (χ2n) is 0.362. The minimum atomic E-state index is -1.39. The van der Waals surface area contributed by atoms with Gasteiger partial charge < -0.3 is 0 Å². The molecule has 0 atom stereocenters. The molecular formula is BrO2Sb. The Balaban J connectivity index is 2.17. The molecule has 1 heterocycles. The first-order valence-corrected chi connectivity index (χ1v) is 8.51. The fourth-order valence-corrected chi connectivity index (χ4v) is 2.95. The Hall–Kier alpha value is 1.22. The maximum atomic E-state index is 4.31. The zero-order valence-electron chi connectivity index (χ0n) is 1.64. The first kappa shape index (κ1) is 3.41. The molecule has 0 aromatic carbocycles. The van der Waals surface area contributed by atoms with Crippen LogP contribution >= 0.6 is 12.6 Å². The molecule has 2 nitrogen and oxygen atoms in total. The van der Waals surface area contributed by atoms with Crippen molar-refractivity contribution >= 4 is 31.4 Å². The quantitative estimate of drug-likeness (QED) is 0.342. The molecule has 0 unspecified atom stereocenters. The molecular weight excluding hydrogens is 234 g/mol. The summed E-state index contributed by atoms with van der Waals surface area (Å²) in [5.74, 6) is 0. The van der Waals surface area contributed by atoms with E-state index >= 15 is 0 Å². The second-order valence-corrected chi connectivity index (χ2v) is 6.31. The van der Waals surface area contributed by atoms with Crippen LogP contribution < -0.4 is 0 Å². The first-order chi connectivity index (χ1) is 1.89. The molecule has 0 aromatic rings. The molecule has 0 aliphatic carbocycles. The molecule has 0 radical (unpaired) electrons. The van der Waals surface area contributed by atoms with E-state index in [1.54, 1.807) is 0 Å². The summed E-state index contributed by atoms with van der Waals surface area (Å²) in [5.41, 5.74) is 0. The van der Waals surface area contributed by atoms with Crippen LogP contribution in [-0.2, 0) is 6.33 Å². The van der Waals surface area contributed by atoms with Crippen molar-refractivity contribution in [1.29, 1.82) is 0 Å². The van der Waals surface area contributed by atoms with Gasteiger partial charge in [0.25, 0.3) is 0 Å². The summed E-state index contributed by atoms with van der Waals surface area (Å²) >= 11 is 1.73. The predicted molar refractivity (Wildman–Crippen MR) is 16.9 cm³/mol. The third kappa shape index (κ3) is 0.890. The fraction of sp³-hybridized carbons (Fsp3) is 0. The van der Waals surface area contributed by atoms with E-state index in [1.165, 1.54) is 0 Å². The Morgan fingerprint density at radius 3 is 1.75 bits per heavy atom. The third-order valence-electron chi connectivity index (χ3n) is 0.131. The Kier molecular flexibility index (Phi) is 0.963. The molecule has 0 amide bonds. The molecule has 4 heavy (non-hydrogen) atoms. The van der Waals surface area contributed by atoms with Crippen molar-refractivity contribution in [3.05, 3.63) is 0 Å². The average Bonchev–Trinajstić information content (AvgIpc) is 1.75. The van der Waals surface area contributed by atoms with Crippen LogP contribution in [0.5, 0.6) is 0 Å². The summed E-state index contributed by atoms with van der Waals surface area (Å²) in [6.45, 7) is 0. The van der Waals surface area contributed by atoms with Gasteiger partial charge in [-0.1, -0.05) is 0 Å². The van der Waals surface area contributed by atoms with Crippen molar-refractivity contribution < 1.29 is 6.33 Å². The fourth-order valence-electron chi connectivity index (χ4n) is 0.0126. The van der Waals surface area contributed by atoms with Gasteiger partial charge in [-0.25, -0.2) is 0 Å². The standard InChI is InChI=1S/BrH.O2.Sb/c;1-2;/h1H;;/q;-2;+3/p-1. The predicted octanol–water partition coefficient (Wildman–Crippen LogP) is 0.328. The van der Waals surface area contributed by atoms with E-state index in [2.05, 4.69) is 18.9 Å². The van der Waals surface area contributed by atoms with Crippen molar-refractivity contribution in [2.24, 2.45) is 0 Å². The Morgan fingerprint density at radius 2 is 1.75 bits per heavy atom. The molecule has 0 spiro atoms. The van der Waals surface area contributed by atoms with Crippen LogP contribution in [0, 0.1) is 0 Å². The molecule has 1 aliphatic rings. The van der Waals surface area contributed by atoms with Crippen LogP contribution in [-0.4, -0.2) is 18.8 Å². The van der Waals surface area contributed by atoms with Gasteiger partial charge in [0.05, 0.1) is 0 Å². The Morgan fingerprint density at radius 1 is 1.50 bits per heavy atom. The molecule has 4 heteroatoms. The van der Waals surface area contributed by atoms with Crippen molar-refractivity contribution in [3.8, 4) is 0 Å². The normalized spacial score (nSPS) is 26.2. The van der Waals surface area contributed by atoms with E-state index in [4.69, 9.17) is 0 Å². The van der Waals surface area contributed by atoms with E-state index in [0.29, 0.717) is 0 Å². The van der Waals surface area contributed by atoms with Crippen LogP contribution in [0.3, 0.4) is 0 Å². The van der Waals surface area contributed by atoms with Gasteiger partial charge in [0, 0.05) is 0 Å². The van der Waals surface area contributed by atoms with Gasteiger partial charge in [0.15, 0.2) is 0 Å². The number of hydrogen-bond acceptors (Lipinski definition) is 2. The van der Waals surface area contributed by atoms with Gasteiger partial charge >= 0.3 is 37.7 Å². The van der Waals surface area contributed by atoms with E-state index in [1.807, 2.05) is 0 Å². The molecule has 0 saturated carbocycles. The number of halogens is 1. The van der Waals surface area contributed by atoms with Crippen molar-refractivity contribution in [3.63, 3.8) is 0 Å². The topological polar surface area (TPSA) is 25.1 Å². The zero-order chi connectivity index (χ0) is 2.99. The molecule has 1 saturated heterocycles. The summed E-state index contributed by atoms with van der Waals surface area (Å²) in [4.78, 5) is 0. The number of rotatable bonds is 0. The molecule has 0 bridgehead atoms. The van der Waals surface area contributed by atoms with Gasteiger partial charge in [0.1, 0.15) is 0 Å². The van der Waals surface area contributed by atoms with E-state index in [-0.39, 0.29) is 0 Å². The van der Waals surface area contributed by atoms with Gasteiger partial charge in [-0.15, -0.1) is 0 Å². The maximum absolute atomic E-state index is 4.31. The molecule has 1 fully saturated rings. The third-order valence-corrected chi connectivity index (χ3v) is 2.46. The monoisotopic (exact) mass is 232 g/mol. The van der Waals surface area contributed by atoms with Crippen LogP contribution in [0.4, 0.5) is 0 Å². The summed E-state index contributed by atoms with van der Waals surface area (Å²) < 4.78 is 8.62. The average molecular weight is 234 g/mol. The summed E-state index contributed by atoms with van der Waals surface area (Å²) in [7, 11) is 0. The van der Waals surface area contributed by atoms with Crippen molar-refractivity contribution in [2.75, 3.05) is 0 Å². The Labute approximate surface area is 37.8 Å². The zero-order valence-corrected chi connectivity index (χ0v) is 5.78. The van der Waals surface area contributed by atoms with E-state index in [9.17, 15) is 0 Å². The van der Waals surface area contributed by atoms with Gasteiger partial charge in [0.2, 0.25) is 0 Å². The number of hydrogen-bond donors (Lipinski definition) is 0. The van der Waals surface area contributed by atoms with E-state index in [0.717, 1.165) is 0 Å². The molecule has 1 aliphatic heterocycles. The SMILES string of the molecule is [Br][Sb]1[O][O]1.